The lowest BCUT2D eigenvalue weighted by atomic mass is 9.97. The van der Waals surface area contributed by atoms with Gasteiger partial charge in [-0.15, -0.1) is 0 Å². The van der Waals surface area contributed by atoms with E-state index in [1.165, 1.54) is 0 Å². The molecular formula is C18H35N7O5S2. The summed E-state index contributed by atoms with van der Waals surface area (Å²) < 4.78 is 0. The minimum absolute atomic E-state index is 0.0941. The van der Waals surface area contributed by atoms with E-state index in [-0.39, 0.29) is 36.3 Å². The first-order chi connectivity index (χ1) is 15.0. The number of carboxylic acids is 1. The van der Waals surface area contributed by atoms with Crippen LogP contribution < -0.4 is 33.2 Å². The second kappa shape index (κ2) is 15.6. The first-order valence-electron chi connectivity index (χ1n) is 10.1. The Hall–Kier alpha value is -2.19. The molecule has 0 heterocycles. The van der Waals surface area contributed by atoms with Gasteiger partial charge in [-0.1, -0.05) is 20.3 Å². The third kappa shape index (κ3) is 10.9. The van der Waals surface area contributed by atoms with Gasteiger partial charge in [0.15, 0.2) is 5.96 Å². The standard InChI is InChI=1S/C18H35N7O5S2/c1-3-9(2)13(25-14(26)10(19)7-31)16(28)23-11(5-4-6-22-18(20)21)15(27)24-12(8-32)17(29)30/h9-13,31-32H,3-8,19H2,1-2H3,(H,23,28)(H,24,27)(H,25,26)(H,29,30)(H4,20,21,22). The van der Waals surface area contributed by atoms with Crippen LogP contribution in [0.5, 0.6) is 0 Å². The minimum Gasteiger partial charge on any atom is -0.480 e. The summed E-state index contributed by atoms with van der Waals surface area (Å²) in [6.45, 7) is 3.82. The van der Waals surface area contributed by atoms with Crippen molar-refractivity contribution < 1.29 is 24.3 Å². The SMILES string of the molecule is CCC(C)C(NC(=O)C(N)CS)C(=O)NC(CCCN=C(N)N)C(=O)NC(CS)C(=O)O. The fourth-order valence-electron chi connectivity index (χ4n) is 2.54. The van der Waals surface area contributed by atoms with Crippen molar-refractivity contribution in [1.82, 2.24) is 16.0 Å². The van der Waals surface area contributed by atoms with Crippen LogP contribution in [0, 0.1) is 5.92 Å². The Labute approximate surface area is 198 Å². The lowest BCUT2D eigenvalue weighted by Gasteiger charge is -2.27. The van der Waals surface area contributed by atoms with Gasteiger partial charge in [-0.25, -0.2) is 4.79 Å². The van der Waals surface area contributed by atoms with Crippen LogP contribution in [0.15, 0.2) is 4.99 Å². The summed E-state index contributed by atoms with van der Waals surface area (Å²) in [7, 11) is 0. The van der Waals surface area contributed by atoms with Crippen LogP contribution in [0.1, 0.15) is 33.1 Å². The normalized spacial score (nSPS) is 15.4. The van der Waals surface area contributed by atoms with E-state index < -0.39 is 47.9 Å². The number of carbonyl (C=O) groups excluding carboxylic acids is 3. The molecule has 184 valence electrons. The summed E-state index contributed by atoms with van der Waals surface area (Å²) in [4.78, 5) is 52.9. The number of thiol groups is 2. The molecule has 5 unspecified atom stereocenters. The van der Waals surface area contributed by atoms with Crippen LogP contribution in [0.25, 0.3) is 0 Å². The number of carbonyl (C=O) groups is 4. The summed E-state index contributed by atoms with van der Waals surface area (Å²) in [6.07, 6.45) is 1.03. The molecule has 10 N–H and O–H groups in total. The zero-order valence-electron chi connectivity index (χ0n) is 18.3. The van der Waals surface area contributed by atoms with Gasteiger partial charge in [0.1, 0.15) is 18.1 Å². The molecule has 0 aromatic carbocycles. The van der Waals surface area contributed by atoms with E-state index in [2.05, 4.69) is 46.2 Å². The molecule has 0 aliphatic heterocycles. The summed E-state index contributed by atoms with van der Waals surface area (Å²) in [5.74, 6) is -3.53. The van der Waals surface area contributed by atoms with Crippen molar-refractivity contribution >= 4 is 54.9 Å². The first-order valence-corrected chi connectivity index (χ1v) is 11.4. The van der Waals surface area contributed by atoms with E-state index in [1.807, 2.05) is 6.92 Å². The van der Waals surface area contributed by atoms with E-state index in [1.54, 1.807) is 6.92 Å². The molecule has 0 spiro atoms. The summed E-state index contributed by atoms with van der Waals surface area (Å²) in [5.41, 5.74) is 16.3. The van der Waals surface area contributed by atoms with Gasteiger partial charge in [0.25, 0.3) is 0 Å². The largest absolute Gasteiger partial charge is 0.480 e. The molecule has 0 radical (unpaired) electrons. The molecule has 0 aliphatic carbocycles. The Morgan fingerprint density at radius 3 is 2.03 bits per heavy atom. The Balaban J connectivity index is 5.52. The van der Waals surface area contributed by atoms with E-state index in [0.29, 0.717) is 12.8 Å². The van der Waals surface area contributed by atoms with E-state index in [9.17, 15) is 19.2 Å². The van der Waals surface area contributed by atoms with Crippen LogP contribution in [0.4, 0.5) is 0 Å². The van der Waals surface area contributed by atoms with Gasteiger partial charge in [0.05, 0.1) is 6.04 Å². The highest BCUT2D eigenvalue weighted by Crippen LogP contribution is 2.10. The number of nitrogens with zero attached hydrogens (tertiary/aromatic N) is 1. The fraction of sp³-hybridized carbons (Fsp3) is 0.722. The molecule has 0 saturated heterocycles. The molecule has 0 saturated carbocycles. The number of hydrogen-bond acceptors (Lipinski definition) is 8. The average molecular weight is 494 g/mol. The van der Waals surface area contributed by atoms with Crippen molar-refractivity contribution in [1.29, 1.82) is 0 Å². The predicted molar refractivity (Wildman–Crippen MR) is 128 cm³/mol. The maximum Gasteiger partial charge on any atom is 0.327 e. The van der Waals surface area contributed by atoms with Crippen molar-refractivity contribution in [3.8, 4) is 0 Å². The van der Waals surface area contributed by atoms with E-state index in [4.69, 9.17) is 22.3 Å². The molecular weight excluding hydrogens is 458 g/mol. The molecule has 0 rings (SSSR count). The Bertz CT molecular complexity index is 676. The molecule has 0 fully saturated rings. The number of aliphatic imine (C=N–C) groups is 1. The van der Waals surface area contributed by atoms with Gasteiger partial charge in [-0.2, -0.15) is 25.3 Å². The molecule has 0 aromatic heterocycles. The number of nitrogens with one attached hydrogen (secondary N) is 3. The molecule has 3 amide bonds. The number of nitrogens with two attached hydrogens (primary N) is 3. The summed E-state index contributed by atoms with van der Waals surface area (Å²) in [6, 6.07) is -4.17. The Kier molecular flexibility index (Phi) is 14.5. The highest BCUT2D eigenvalue weighted by molar-refractivity contribution is 7.80. The van der Waals surface area contributed by atoms with Crippen molar-refractivity contribution in [3.63, 3.8) is 0 Å². The smallest absolute Gasteiger partial charge is 0.327 e. The predicted octanol–water partition coefficient (Wildman–Crippen LogP) is -2.19. The fourth-order valence-corrected chi connectivity index (χ4v) is 2.95. The van der Waals surface area contributed by atoms with Crippen molar-refractivity contribution in [2.24, 2.45) is 28.1 Å². The number of carboxylic acid groups (broad SMARTS) is 1. The Morgan fingerprint density at radius 2 is 1.56 bits per heavy atom. The van der Waals surface area contributed by atoms with Crippen molar-refractivity contribution in [2.45, 2.75) is 57.3 Å². The number of aliphatic carboxylic acids is 1. The summed E-state index contributed by atoms with van der Waals surface area (Å²) in [5, 5.41) is 16.7. The van der Waals surface area contributed by atoms with Gasteiger partial charge < -0.3 is 38.3 Å². The third-order valence-corrected chi connectivity index (χ3v) is 5.46. The van der Waals surface area contributed by atoms with E-state index in [0.717, 1.165) is 0 Å². The molecule has 0 aromatic rings. The molecule has 32 heavy (non-hydrogen) atoms. The number of amides is 3. The summed E-state index contributed by atoms with van der Waals surface area (Å²) >= 11 is 7.90. The van der Waals surface area contributed by atoms with Gasteiger partial charge in [0.2, 0.25) is 17.7 Å². The van der Waals surface area contributed by atoms with Crippen LogP contribution >= 0.6 is 25.3 Å². The van der Waals surface area contributed by atoms with E-state index >= 15 is 0 Å². The first kappa shape index (κ1) is 29.8. The quantitative estimate of drug-likeness (QED) is 0.0527. The van der Waals surface area contributed by atoms with Gasteiger partial charge >= 0.3 is 5.97 Å². The molecule has 12 nitrogen and oxygen atoms in total. The Morgan fingerprint density at radius 1 is 0.969 bits per heavy atom. The third-order valence-electron chi connectivity index (χ3n) is 4.70. The van der Waals surface area contributed by atoms with Crippen LogP contribution in [0.2, 0.25) is 0 Å². The lowest BCUT2D eigenvalue weighted by molar-refractivity contribution is -0.141. The van der Waals surface area contributed by atoms with Gasteiger partial charge in [0, 0.05) is 18.1 Å². The highest BCUT2D eigenvalue weighted by Gasteiger charge is 2.31. The second-order valence-corrected chi connectivity index (χ2v) is 7.98. The minimum atomic E-state index is -1.26. The van der Waals surface area contributed by atoms with Gasteiger partial charge in [-0.3, -0.25) is 19.4 Å². The molecule has 0 bridgehead atoms. The number of guanidine groups is 1. The number of rotatable bonds is 15. The van der Waals surface area contributed by atoms with Crippen molar-refractivity contribution in [3.05, 3.63) is 0 Å². The van der Waals surface area contributed by atoms with Crippen LogP contribution in [0.3, 0.4) is 0 Å². The topological polar surface area (TPSA) is 215 Å². The average Bonchev–Trinajstić information content (AvgIpc) is 2.75. The maximum absolute atomic E-state index is 13.0. The second-order valence-electron chi connectivity index (χ2n) is 7.25. The lowest BCUT2D eigenvalue weighted by Crippen LogP contribution is -2.59. The van der Waals surface area contributed by atoms with Gasteiger partial charge in [-0.05, 0) is 18.8 Å². The zero-order valence-corrected chi connectivity index (χ0v) is 20.1. The highest BCUT2D eigenvalue weighted by atomic mass is 32.1. The molecule has 5 atom stereocenters. The zero-order chi connectivity index (χ0) is 24.8. The van der Waals surface area contributed by atoms with Crippen LogP contribution in [-0.2, 0) is 19.2 Å². The van der Waals surface area contributed by atoms with Crippen LogP contribution in [-0.4, -0.2) is 77.0 Å². The van der Waals surface area contributed by atoms with Crippen molar-refractivity contribution in [2.75, 3.05) is 18.1 Å². The molecule has 0 aliphatic rings. The number of hydrogen-bond donors (Lipinski definition) is 9. The monoisotopic (exact) mass is 493 g/mol. The maximum atomic E-state index is 13.0. The molecule has 14 heteroatoms.